The van der Waals surface area contributed by atoms with Gasteiger partial charge in [-0.15, -0.1) is 0 Å². The van der Waals surface area contributed by atoms with Crippen molar-refractivity contribution in [3.8, 4) is 11.8 Å². The normalized spacial score (nSPS) is 15.9. The van der Waals surface area contributed by atoms with Crippen molar-refractivity contribution < 1.29 is 4.74 Å². The molecule has 0 radical (unpaired) electrons. The number of aryl methyl sites for hydroxylation is 1. The van der Waals surface area contributed by atoms with Crippen LogP contribution in [0.2, 0.25) is 0 Å². The highest BCUT2D eigenvalue weighted by Crippen LogP contribution is 2.35. The fraction of sp³-hybridized carbons (Fsp3) is 0.304. The van der Waals surface area contributed by atoms with Crippen molar-refractivity contribution in [1.29, 1.82) is 5.26 Å². The molecule has 2 heterocycles. The summed E-state index contributed by atoms with van der Waals surface area (Å²) in [5, 5.41) is 10.6. The maximum absolute atomic E-state index is 12.8. The van der Waals surface area contributed by atoms with E-state index in [1.807, 2.05) is 48.5 Å². The standard InChI is InChI=1S/C23H22BrN3O2/c1-23(29-17-9-7-16(24)8-10-17)11-13-27(14-12-23)21-18-5-3-4-6-20(18)26(2)22(28)19(21)15-25/h3-10H,11-14H2,1-2H3. The lowest BCUT2D eigenvalue weighted by Crippen LogP contribution is -2.46. The molecule has 4 rings (SSSR count). The van der Waals surface area contributed by atoms with Crippen molar-refractivity contribution in [3.63, 3.8) is 0 Å². The first kappa shape index (κ1) is 19.5. The van der Waals surface area contributed by atoms with E-state index >= 15 is 0 Å². The second-order valence-electron chi connectivity index (χ2n) is 7.71. The van der Waals surface area contributed by atoms with E-state index in [2.05, 4.69) is 33.8 Å². The van der Waals surface area contributed by atoms with Crippen LogP contribution in [0.15, 0.2) is 57.8 Å². The van der Waals surface area contributed by atoms with Crippen molar-refractivity contribution in [2.75, 3.05) is 18.0 Å². The fourth-order valence-electron chi connectivity index (χ4n) is 4.00. The van der Waals surface area contributed by atoms with E-state index in [9.17, 15) is 10.1 Å². The molecule has 6 heteroatoms. The molecule has 1 aromatic heterocycles. The predicted octanol–water partition coefficient (Wildman–Crippen LogP) is 4.61. The average Bonchev–Trinajstić information content (AvgIpc) is 2.73. The molecule has 0 bridgehead atoms. The third kappa shape index (κ3) is 3.63. The molecule has 1 aliphatic heterocycles. The number of benzene rings is 2. The molecule has 0 atom stereocenters. The van der Waals surface area contributed by atoms with Gasteiger partial charge in [-0.3, -0.25) is 4.79 Å². The molecule has 1 aliphatic rings. The molecule has 0 saturated carbocycles. The maximum Gasteiger partial charge on any atom is 0.270 e. The van der Waals surface area contributed by atoms with Gasteiger partial charge in [0.2, 0.25) is 0 Å². The van der Waals surface area contributed by atoms with Crippen LogP contribution in [0.4, 0.5) is 5.69 Å². The van der Waals surface area contributed by atoms with Gasteiger partial charge in [0.25, 0.3) is 5.56 Å². The summed E-state index contributed by atoms with van der Waals surface area (Å²) in [5.74, 6) is 0.848. The van der Waals surface area contributed by atoms with Gasteiger partial charge >= 0.3 is 0 Å². The second kappa shape index (κ2) is 7.57. The van der Waals surface area contributed by atoms with Crippen molar-refractivity contribution in [2.24, 2.45) is 7.05 Å². The van der Waals surface area contributed by atoms with Gasteiger partial charge in [-0.2, -0.15) is 5.26 Å². The summed E-state index contributed by atoms with van der Waals surface area (Å²) >= 11 is 3.45. The zero-order valence-electron chi connectivity index (χ0n) is 16.5. The summed E-state index contributed by atoms with van der Waals surface area (Å²) in [6.45, 7) is 3.57. The lowest BCUT2D eigenvalue weighted by atomic mass is 9.92. The number of nitriles is 1. The Bertz CT molecular complexity index is 1150. The quantitative estimate of drug-likeness (QED) is 0.583. The van der Waals surface area contributed by atoms with Crippen LogP contribution < -0.4 is 15.2 Å². The number of nitrogens with zero attached hydrogens (tertiary/aromatic N) is 3. The largest absolute Gasteiger partial charge is 0.487 e. The molecule has 0 N–H and O–H groups in total. The summed E-state index contributed by atoms with van der Waals surface area (Å²) in [5.41, 5.74) is 1.26. The van der Waals surface area contributed by atoms with Gasteiger partial charge in [-0.1, -0.05) is 34.1 Å². The first-order valence-corrected chi connectivity index (χ1v) is 10.4. The Balaban J connectivity index is 1.64. The first-order valence-electron chi connectivity index (χ1n) is 9.63. The number of pyridine rings is 1. The summed E-state index contributed by atoms with van der Waals surface area (Å²) in [7, 11) is 1.72. The molecule has 2 aromatic carbocycles. The second-order valence-corrected chi connectivity index (χ2v) is 8.63. The average molecular weight is 452 g/mol. The van der Waals surface area contributed by atoms with E-state index in [1.165, 1.54) is 0 Å². The predicted molar refractivity (Wildman–Crippen MR) is 119 cm³/mol. The molecule has 0 spiro atoms. The number of fused-ring (bicyclic) bond motifs is 1. The molecule has 29 heavy (non-hydrogen) atoms. The highest BCUT2D eigenvalue weighted by atomic mass is 79.9. The Morgan fingerprint density at radius 1 is 1.10 bits per heavy atom. The fourth-order valence-corrected chi connectivity index (χ4v) is 4.27. The first-order chi connectivity index (χ1) is 13.9. The topological polar surface area (TPSA) is 58.3 Å². The maximum atomic E-state index is 12.8. The van der Waals surface area contributed by atoms with Gasteiger partial charge in [0.15, 0.2) is 0 Å². The lowest BCUT2D eigenvalue weighted by molar-refractivity contribution is 0.0621. The highest BCUT2D eigenvalue weighted by molar-refractivity contribution is 9.10. The van der Waals surface area contributed by atoms with Gasteiger partial charge < -0.3 is 14.2 Å². The van der Waals surface area contributed by atoms with Gasteiger partial charge in [-0.05, 0) is 37.3 Å². The van der Waals surface area contributed by atoms with Gasteiger partial charge in [0, 0.05) is 42.8 Å². The molecule has 0 amide bonds. The Hall–Kier alpha value is -2.78. The van der Waals surface area contributed by atoms with E-state index in [0.717, 1.165) is 52.7 Å². The minimum Gasteiger partial charge on any atom is -0.487 e. The molecular formula is C23H22BrN3O2. The van der Waals surface area contributed by atoms with Crippen LogP contribution in [0.5, 0.6) is 5.75 Å². The lowest BCUT2D eigenvalue weighted by Gasteiger charge is -2.41. The van der Waals surface area contributed by atoms with E-state index in [-0.39, 0.29) is 16.7 Å². The Morgan fingerprint density at radius 2 is 1.76 bits per heavy atom. The minimum absolute atomic E-state index is 0.212. The smallest absolute Gasteiger partial charge is 0.270 e. The molecule has 1 saturated heterocycles. The van der Waals surface area contributed by atoms with Crippen molar-refractivity contribution in [3.05, 3.63) is 68.9 Å². The molecule has 3 aromatic rings. The third-order valence-electron chi connectivity index (χ3n) is 5.70. The van der Waals surface area contributed by atoms with Crippen LogP contribution >= 0.6 is 15.9 Å². The minimum atomic E-state index is -0.285. The molecule has 0 unspecified atom stereocenters. The van der Waals surface area contributed by atoms with Gasteiger partial charge in [-0.25, -0.2) is 0 Å². The van der Waals surface area contributed by atoms with Crippen molar-refractivity contribution in [2.45, 2.75) is 25.4 Å². The molecule has 148 valence electrons. The Kier molecular flexibility index (Phi) is 5.10. The van der Waals surface area contributed by atoms with E-state index in [0.29, 0.717) is 0 Å². The summed E-state index contributed by atoms with van der Waals surface area (Å²) in [6, 6.07) is 17.8. The van der Waals surface area contributed by atoms with Gasteiger partial charge in [0.05, 0.1) is 11.2 Å². The van der Waals surface area contributed by atoms with Crippen LogP contribution in [0.3, 0.4) is 0 Å². The van der Waals surface area contributed by atoms with E-state index in [1.54, 1.807) is 11.6 Å². The summed E-state index contributed by atoms with van der Waals surface area (Å²) in [4.78, 5) is 14.9. The number of hydrogen-bond donors (Lipinski definition) is 0. The Morgan fingerprint density at radius 3 is 2.41 bits per heavy atom. The molecule has 1 fully saturated rings. The number of para-hydroxylation sites is 1. The van der Waals surface area contributed by atoms with E-state index < -0.39 is 0 Å². The number of ether oxygens (including phenoxy) is 1. The monoisotopic (exact) mass is 451 g/mol. The Labute approximate surface area is 178 Å². The number of hydrogen-bond acceptors (Lipinski definition) is 4. The van der Waals surface area contributed by atoms with Gasteiger partial charge in [0.1, 0.15) is 23.0 Å². The number of rotatable bonds is 3. The molecule has 5 nitrogen and oxygen atoms in total. The number of aromatic nitrogens is 1. The van der Waals surface area contributed by atoms with Crippen molar-refractivity contribution in [1.82, 2.24) is 4.57 Å². The summed E-state index contributed by atoms with van der Waals surface area (Å²) < 4.78 is 8.87. The van der Waals surface area contributed by atoms with Crippen LogP contribution in [0, 0.1) is 11.3 Å². The van der Waals surface area contributed by atoms with Crippen LogP contribution in [-0.4, -0.2) is 23.3 Å². The van der Waals surface area contributed by atoms with Crippen LogP contribution in [0.1, 0.15) is 25.3 Å². The number of anilines is 1. The van der Waals surface area contributed by atoms with Crippen LogP contribution in [0.25, 0.3) is 10.9 Å². The highest BCUT2D eigenvalue weighted by Gasteiger charge is 2.34. The van der Waals surface area contributed by atoms with Crippen molar-refractivity contribution >= 4 is 32.5 Å². The zero-order valence-corrected chi connectivity index (χ0v) is 18.1. The number of halogens is 1. The molecular weight excluding hydrogens is 430 g/mol. The zero-order chi connectivity index (χ0) is 20.6. The number of piperidine rings is 1. The van der Waals surface area contributed by atoms with E-state index in [4.69, 9.17) is 4.74 Å². The summed E-state index contributed by atoms with van der Waals surface area (Å²) in [6.07, 6.45) is 1.61. The molecule has 0 aliphatic carbocycles. The van der Waals surface area contributed by atoms with Crippen LogP contribution in [-0.2, 0) is 7.05 Å². The third-order valence-corrected chi connectivity index (χ3v) is 6.23. The SMILES string of the molecule is Cn1c(=O)c(C#N)c(N2CCC(C)(Oc3ccc(Br)cc3)CC2)c2ccccc21.